The largest absolute Gasteiger partial charge is 0.493 e. The number of rotatable bonds is 4. The predicted molar refractivity (Wildman–Crippen MR) is 68.0 cm³/mol. The van der Waals surface area contributed by atoms with Crippen LogP contribution in [0.4, 0.5) is 4.39 Å². The maximum Gasteiger partial charge on any atom is 0.143 e. The first kappa shape index (κ1) is 11.6. The van der Waals surface area contributed by atoms with Crippen molar-refractivity contribution in [2.75, 3.05) is 6.61 Å². The van der Waals surface area contributed by atoms with E-state index in [9.17, 15) is 4.39 Å². The highest BCUT2D eigenvalue weighted by Gasteiger charge is 2.00. The molecule has 2 rings (SSSR count). The van der Waals surface area contributed by atoms with E-state index < -0.39 is 0 Å². The molecule has 0 aliphatic rings. The predicted octanol–water partition coefficient (Wildman–Crippen LogP) is 1.10. The van der Waals surface area contributed by atoms with Crippen LogP contribution >= 0.6 is 0 Å². The number of halogens is 1. The fourth-order valence-corrected chi connectivity index (χ4v) is 1.50. The molecule has 2 nitrogen and oxygen atoms in total. The van der Waals surface area contributed by atoms with Crippen molar-refractivity contribution in [3.05, 3.63) is 54.1 Å². The first-order valence-electron chi connectivity index (χ1n) is 5.53. The Morgan fingerprint density at radius 1 is 1.29 bits per heavy atom. The van der Waals surface area contributed by atoms with Crippen molar-refractivity contribution in [1.82, 2.24) is 4.98 Å². The molecule has 86 valence electrons. The van der Waals surface area contributed by atoms with Gasteiger partial charge in [-0.3, -0.25) is 4.98 Å². The number of aromatic nitrogens is 1. The Bertz CT molecular complexity index is 490. The second-order valence-electron chi connectivity index (χ2n) is 3.87. The van der Waals surface area contributed by atoms with Gasteiger partial charge >= 0.3 is 0 Å². The van der Waals surface area contributed by atoms with E-state index in [4.69, 9.17) is 4.74 Å². The number of hydrogen-bond donors (Lipinski definition) is 0. The minimum absolute atomic E-state index is 0.233. The molecule has 0 aliphatic heterocycles. The topological polar surface area (TPSA) is 22.1 Å². The molecule has 0 unspecified atom stereocenters. The van der Waals surface area contributed by atoms with Gasteiger partial charge in [-0.15, -0.1) is 0 Å². The third-order valence-electron chi connectivity index (χ3n) is 2.53. The normalized spacial score (nSPS) is 10.2. The summed E-state index contributed by atoms with van der Waals surface area (Å²) in [5.41, 5.74) is 1.74. The van der Waals surface area contributed by atoms with E-state index in [1.165, 1.54) is 6.07 Å². The van der Waals surface area contributed by atoms with Crippen LogP contribution in [0, 0.1) is 5.82 Å². The number of nitrogens with zero attached hydrogens (tertiary/aromatic N) is 1. The van der Waals surface area contributed by atoms with Crippen molar-refractivity contribution >= 4 is 13.3 Å². The van der Waals surface area contributed by atoms with Crippen LogP contribution in [0.1, 0.15) is 5.56 Å². The average molecular weight is 229 g/mol. The Morgan fingerprint density at radius 3 is 2.88 bits per heavy atom. The zero-order chi connectivity index (χ0) is 12.1. The van der Waals surface area contributed by atoms with Crippen molar-refractivity contribution in [1.29, 1.82) is 0 Å². The molecule has 0 radical (unpaired) electrons. The van der Waals surface area contributed by atoms with Gasteiger partial charge in [-0.2, -0.15) is 0 Å². The minimum Gasteiger partial charge on any atom is -0.493 e. The molecule has 0 saturated heterocycles. The van der Waals surface area contributed by atoms with Crippen LogP contribution in [0.25, 0.3) is 0 Å². The van der Waals surface area contributed by atoms with Crippen LogP contribution in [0.2, 0.25) is 0 Å². The van der Waals surface area contributed by atoms with Crippen molar-refractivity contribution in [3.63, 3.8) is 0 Å². The minimum atomic E-state index is -0.233. The highest BCUT2D eigenvalue weighted by Crippen LogP contribution is 2.10. The lowest BCUT2D eigenvalue weighted by molar-refractivity contribution is 0.320. The molecule has 1 aromatic carbocycles. The first-order valence-corrected chi connectivity index (χ1v) is 5.53. The Labute approximate surface area is 101 Å². The summed E-state index contributed by atoms with van der Waals surface area (Å²) in [6, 6.07) is 8.79. The van der Waals surface area contributed by atoms with Crippen LogP contribution in [0.3, 0.4) is 0 Å². The van der Waals surface area contributed by atoms with Gasteiger partial charge in [0.15, 0.2) is 0 Å². The number of hydrogen-bond acceptors (Lipinski definition) is 2. The Hall–Kier alpha value is -1.84. The zero-order valence-electron chi connectivity index (χ0n) is 9.69. The summed E-state index contributed by atoms with van der Waals surface area (Å²) < 4.78 is 18.7. The van der Waals surface area contributed by atoms with E-state index in [-0.39, 0.29) is 5.82 Å². The van der Waals surface area contributed by atoms with E-state index in [1.807, 2.05) is 12.1 Å². The summed E-state index contributed by atoms with van der Waals surface area (Å²) in [6.07, 6.45) is 4.31. The highest BCUT2D eigenvalue weighted by molar-refractivity contribution is 6.32. The van der Waals surface area contributed by atoms with Crippen molar-refractivity contribution < 1.29 is 9.13 Å². The summed E-state index contributed by atoms with van der Waals surface area (Å²) in [7, 11) is 1.73. The molecule has 1 heterocycles. The second kappa shape index (κ2) is 5.48. The molecule has 0 aliphatic carbocycles. The number of benzene rings is 1. The van der Waals surface area contributed by atoms with Crippen LogP contribution in [-0.2, 0) is 6.42 Å². The molecule has 0 saturated carbocycles. The third-order valence-corrected chi connectivity index (χ3v) is 2.53. The summed E-state index contributed by atoms with van der Waals surface area (Å²) in [4.78, 5) is 4.02. The molecule has 4 heteroatoms. The lowest BCUT2D eigenvalue weighted by Crippen LogP contribution is -2.09. The number of ether oxygens (including phenoxy) is 1. The number of pyridine rings is 1. The quantitative estimate of drug-likeness (QED) is 0.732. The van der Waals surface area contributed by atoms with Gasteiger partial charge in [-0.1, -0.05) is 17.6 Å². The zero-order valence-corrected chi connectivity index (χ0v) is 9.69. The lowest BCUT2D eigenvalue weighted by Gasteiger charge is -2.07. The van der Waals surface area contributed by atoms with Crippen LogP contribution in [0.15, 0.2) is 42.7 Å². The van der Waals surface area contributed by atoms with Gasteiger partial charge in [-0.05, 0) is 17.7 Å². The molecule has 0 N–H and O–H groups in total. The maximum atomic E-state index is 13.2. The summed E-state index contributed by atoms with van der Waals surface area (Å²) in [6.45, 7) is 0.522. The van der Waals surface area contributed by atoms with E-state index >= 15 is 0 Å². The monoisotopic (exact) mass is 229 g/mol. The molecular weight excluding hydrogens is 216 g/mol. The lowest BCUT2D eigenvalue weighted by atomic mass is 9.96. The third kappa shape index (κ3) is 3.31. The van der Waals surface area contributed by atoms with Gasteiger partial charge in [0.2, 0.25) is 0 Å². The van der Waals surface area contributed by atoms with Crippen molar-refractivity contribution in [2.24, 2.45) is 0 Å². The van der Waals surface area contributed by atoms with Gasteiger partial charge in [-0.25, -0.2) is 4.39 Å². The van der Waals surface area contributed by atoms with E-state index in [2.05, 4.69) is 4.98 Å². The summed E-state index contributed by atoms with van der Waals surface area (Å²) >= 11 is 0. The molecule has 0 bridgehead atoms. The van der Waals surface area contributed by atoms with E-state index in [0.29, 0.717) is 17.8 Å². The standard InChI is InChI=1S/C13H13BFNO/c14-12-4-3-11(8-13(12)15)17-7-5-10-2-1-6-16-9-10/h1-4,6,8-9H,5,7,14H2. The van der Waals surface area contributed by atoms with Gasteiger partial charge < -0.3 is 4.74 Å². The summed E-state index contributed by atoms with van der Waals surface area (Å²) in [5.74, 6) is 0.334. The summed E-state index contributed by atoms with van der Waals surface area (Å²) in [5, 5.41) is 0. The fourth-order valence-electron chi connectivity index (χ4n) is 1.50. The van der Waals surface area contributed by atoms with Gasteiger partial charge in [0.1, 0.15) is 19.4 Å². The fraction of sp³-hybridized carbons (Fsp3) is 0.154. The molecule has 0 fully saturated rings. The Morgan fingerprint density at radius 2 is 2.18 bits per heavy atom. The molecule has 2 aromatic rings. The van der Waals surface area contributed by atoms with Crippen molar-refractivity contribution in [2.45, 2.75) is 6.42 Å². The highest BCUT2D eigenvalue weighted by atomic mass is 19.1. The van der Waals surface area contributed by atoms with Gasteiger partial charge in [0.25, 0.3) is 0 Å². The van der Waals surface area contributed by atoms with Crippen LogP contribution < -0.4 is 10.2 Å². The molecule has 0 spiro atoms. The van der Waals surface area contributed by atoms with E-state index in [0.717, 1.165) is 12.0 Å². The van der Waals surface area contributed by atoms with Gasteiger partial charge in [0, 0.05) is 24.9 Å². The van der Waals surface area contributed by atoms with Crippen LogP contribution in [-0.4, -0.2) is 19.4 Å². The second-order valence-corrected chi connectivity index (χ2v) is 3.87. The van der Waals surface area contributed by atoms with E-state index in [1.54, 1.807) is 32.4 Å². The molecule has 0 amide bonds. The van der Waals surface area contributed by atoms with Gasteiger partial charge in [0.05, 0.1) is 6.61 Å². The molecule has 17 heavy (non-hydrogen) atoms. The Balaban J connectivity index is 1.88. The SMILES string of the molecule is Bc1ccc(OCCc2cccnc2)cc1F. The molecule has 0 atom stereocenters. The van der Waals surface area contributed by atoms with Crippen LogP contribution in [0.5, 0.6) is 5.75 Å². The maximum absolute atomic E-state index is 13.2. The molecule has 1 aromatic heterocycles. The smallest absolute Gasteiger partial charge is 0.143 e. The first-order chi connectivity index (χ1) is 8.25. The average Bonchev–Trinajstić information content (AvgIpc) is 2.35. The van der Waals surface area contributed by atoms with Crippen molar-refractivity contribution in [3.8, 4) is 5.75 Å². The molecular formula is C13H13BFNO. The Kier molecular flexibility index (Phi) is 3.75.